The van der Waals surface area contributed by atoms with Crippen LogP contribution in [0.5, 0.6) is 5.75 Å². The molecule has 2 heterocycles. The van der Waals surface area contributed by atoms with Gasteiger partial charge in [0.05, 0.1) is 46.9 Å². The lowest BCUT2D eigenvalue weighted by molar-refractivity contribution is -0.136. The van der Waals surface area contributed by atoms with Gasteiger partial charge in [0.15, 0.2) is 0 Å². The van der Waals surface area contributed by atoms with E-state index < -0.39 is 35.0 Å². The van der Waals surface area contributed by atoms with Crippen molar-refractivity contribution < 1.29 is 27.8 Å². The minimum absolute atomic E-state index is 0.118. The van der Waals surface area contributed by atoms with Gasteiger partial charge >= 0.3 is 12.3 Å². The summed E-state index contributed by atoms with van der Waals surface area (Å²) in [5, 5.41) is 18.4. The summed E-state index contributed by atoms with van der Waals surface area (Å²) >= 11 is 0. The third-order valence-electron chi connectivity index (χ3n) is 5.56. The van der Waals surface area contributed by atoms with Gasteiger partial charge in [0, 0.05) is 6.54 Å². The van der Waals surface area contributed by atoms with Crippen molar-refractivity contribution in [3.8, 4) is 17.5 Å². The average molecular weight is 458 g/mol. The molecule has 33 heavy (non-hydrogen) atoms. The van der Waals surface area contributed by atoms with Crippen LogP contribution in [0.4, 0.5) is 18.0 Å². The van der Waals surface area contributed by atoms with Gasteiger partial charge < -0.3 is 9.84 Å². The summed E-state index contributed by atoms with van der Waals surface area (Å²) in [4.78, 5) is 30.6. The topological polar surface area (TPSA) is 108 Å². The highest BCUT2D eigenvalue weighted by molar-refractivity contribution is 5.84. The number of fused-ring (bicyclic) bond motifs is 1. The summed E-state index contributed by atoms with van der Waals surface area (Å²) in [6.07, 6.45) is -5.38. The number of alkyl halides is 3. The molecule has 0 radical (unpaired) electrons. The Morgan fingerprint density at radius 1 is 1.27 bits per heavy atom. The molecule has 1 aliphatic heterocycles. The molecule has 0 unspecified atom stereocenters. The van der Waals surface area contributed by atoms with E-state index in [9.17, 15) is 33.1 Å². The fraction of sp³-hybridized carbons (Fsp3) is 0.273. The van der Waals surface area contributed by atoms with Crippen LogP contribution in [0.3, 0.4) is 0 Å². The maximum Gasteiger partial charge on any atom is 0.418 e. The molecule has 0 bridgehead atoms. The molecule has 11 heteroatoms. The SMILES string of the molecule is COc1ccc(-n2c([C@H]3CCCN3C(=O)O)nc3c(C(F)(F)F)cc(C#N)cc3c2=O)cc1. The first kappa shape index (κ1) is 22.1. The van der Waals surface area contributed by atoms with Gasteiger partial charge in [0.25, 0.3) is 5.56 Å². The van der Waals surface area contributed by atoms with E-state index in [-0.39, 0.29) is 35.4 Å². The summed E-state index contributed by atoms with van der Waals surface area (Å²) in [6.45, 7) is 0.163. The normalized spacial score (nSPS) is 16.1. The number of amides is 1. The second-order valence-corrected chi connectivity index (χ2v) is 7.47. The van der Waals surface area contributed by atoms with Gasteiger partial charge in [0.2, 0.25) is 0 Å². The Morgan fingerprint density at radius 2 is 1.97 bits per heavy atom. The molecule has 170 valence electrons. The highest BCUT2D eigenvalue weighted by Crippen LogP contribution is 2.37. The molecule has 0 aliphatic carbocycles. The van der Waals surface area contributed by atoms with Crippen LogP contribution in [0.2, 0.25) is 0 Å². The van der Waals surface area contributed by atoms with Crippen molar-refractivity contribution in [1.29, 1.82) is 5.26 Å². The van der Waals surface area contributed by atoms with Gasteiger partial charge in [-0.25, -0.2) is 9.78 Å². The smallest absolute Gasteiger partial charge is 0.418 e. The van der Waals surface area contributed by atoms with E-state index >= 15 is 0 Å². The van der Waals surface area contributed by atoms with Crippen LogP contribution >= 0.6 is 0 Å². The number of carbonyl (C=O) groups is 1. The molecule has 1 aliphatic rings. The lowest BCUT2D eigenvalue weighted by Crippen LogP contribution is -2.34. The first-order valence-corrected chi connectivity index (χ1v) is 9.87. The molecular formula is C22H17F3N4O4. The third kappa shape index (κ3) is 3.84. The number of hydrogen-bond acceptors (Lipinski definition) is 5. The summed E-state index contributed by atoms with van der Waals surface area (Å²) in [5.41, 5.74) is -2.74. The summed E-state index contributed by atoms with van der Waals surface area (Å²) in [6, 6.07) is 8.60. The highest BCUT2D eigenvalue weighted by atomic mass is 19.4. The van der Waals surface area contributed by atoms with Crippen LogP contribution in [-0.2, 0) is 6.18 Å². The van der Waals surface area contributed by atoms with Gasteiger partial charge in [-0.05, 0) is 49.2 Å². The summed E-state index contributed by atoms with van der Waals surface area (Å²) in [5.74, 6) is 0.369. The minimum atomic E-state index is -4.88. The Balaban J connectivity index is 2.11. The molecule has 4 rings (SSSR count). The van der Waals surface area contributed by atoms with E-state index in [1.165, 1.54) is 19.2 Å². The van der Waals surface area contributed by atoms with E-state index in [4.69, 9.17) is 4.74 Å². The largest absolute Gasteiger partial charge is 0.497 e. The molecule has 0 spiro atoms. The van der Waals surface area contributed by atoms with Crippen molar-refractivity contribution in [3.63, 3.8) is 0 Å². The number of carboxylic acid groups (broad SMARTS) is 1. The Hall–Kier alpha value is -4.07. The Labute approximate surface area is 185 Å². The van der Waals surface area contributed by atoms with Crippen LogP contribution in [0.1, 0.15) is 35.8 Å². The number of methoxy groups -OCH3 is 1. The third-order valence-corrected chi connectivity index (χ3v) is 5.56. The van der Waals surface area contributed by atoms with Gasteiger partial charge in [0.1, 0.15) is 11.6 Å². The van der Waals surface area contributed by atoms with Gasteiger partial charge in [-0.2, -0.15) is 18.4 Å². The van der Waals surface area contributed by atoms with E-state index in [0.717, 1.165) is 15.5 Å². The zero-order chi connectivity index (χ0) is 23.9. The predicted molar refractivity (Wildman–Crippen MR) is 110 cm³/mol. The van der Waals surface area contributed by atoms with Crippen molar-refractivity contribution in [1.82, 2.24) is 14.5 Å². The molecular weight excluding hydrogens is 441 g/mol. The lowest BCUT2D eigenvalue weighted by atomic mass is 10.0. The number of ether oxygens (including phenoxy) is 1. The van der Waals surface area contributed by atoms with Gasteiger partial charge in [-0.15, -0.1) is 0 Å². The van der Waals surface area contributed by atoms with Crippen LogP contribution in [0.25, 0.3) is 16.6 Å². The van der Waals surface area contributed by atoms with Crippen molar-refractivity contribution in [2.24, 2.45) is 0 Å². The summed E-state index contributed by atoms with van der Waals surface area (Å²) in [7, 11) is 1.45. The number of halogens is 3. The molecule has 3 aromatic rings. The zero-order valence-electron chi connectivity index (χ0n) is 17.3. The second-order valence-electron chi connectivity index (χ2n) is 7.47. The monoisotopic (exact) mass is 458 g/mol. The molecule has 2 aromatic carbocycles. The number of benzene rings is 2. The maximum atomic E-state index is 13.8. The first-order valence-electron chi connectivity index (χ1n) is 9.87. The molecule has 1 N–H and O–H groups in total. The fourth-order valence-corrected chi connectivity index (χ4v) is 4.06. The van der Waals surface area contributed by atoms with Crippen molar-refractivity contribution in [2.75, 3.05) is 13.7 Å². The lowest BCUT2D eigenvalue weighted by Gasteiger charge is -2.25. The Morgan fingerprint density at radius 3 is 2.55 bits per heavy atom. The number of likely N-dealkylation sites (tertiary alicyclic amines) is 1. The minimum Gasteiger partial charge on any atom is -0.497 e. The number of rotatable bonds is 3. The molecule has 1 saturated heterocycles. The molecule has 1 fully saturated rings. The van der Waals surface area contributed by atoms with Crippen LogP contribution in [-0.4, -0.2) is 39.3 Å². The number of nitrogens with zero attached hydrogens (tertiary/aromatic N) is 4. The molecule has 1 amide bonds. The highest BCUT2D eigenvalue weighted by Gasteiger charge is 2.38. The Kier molecular flexibility index (Phi) is 5.45. The molecule has 0 saturated carbocycles. The van der Waals surface area contributed by atoms with Crippen LogP contribution in [0, 0.1) is 11.3 Å². The van der Waals surface area contributed by atoms with E-state index in [0.29, 0.717) is 18.2 Å². The van der Waals surface area contributed by atoms with Gasteiger partial charge in [-0.1, -0.05) is 0 Å². The van der Waals surface area contributed by atoms with Crippen molar-refractivity contribution >= 4 is 17.0 Å². The van der Waals surface area contributed by atoms with E-state index in [2.05, 4.69) is 4.98 Å². The van der Waals surface area contributed by atoms with E-state index in [1.807, 2.05) is 0 Å². The van der Waals surface area contributed by atoms with Crippen LogP contribution in [0.15, 0.2) is 41.2 Å². The first-order chi connectivity index (χ1) is 15.7. The van der Waals surface area contributed by atoms with E-state index in [1.54, 1.807) is 18.2 Å². The van der Waals surface area contributed by atoms with Crippen molar-refractivity contribution in [2.45, 2.75) is 25.1 Å². The maximum absolute atomic E-state index is 13.8. The molecule has 8 nitrogen and oxygen atoms in total. The quantitative estimate of drug-likeness (QED) is 0.633. The fourth-order valence-electron chi connectivity index (χ4n) is 4.06. The predicted octanol–water partition coefficient (Wildman–Crippen LogP) is 4.10. The van der Waals surface area contributed by atoms with Crippen molar-refractivity contribution in [3.05, 3.63) is 63.7 Å². The number of hydrogen-bond donors (Lipinski definition) is 1. The number of nitriles is 1. The van der Waals surface area contributed by atoms with Crippen LogP contribution < -0.4 is 10.3 Å². The summed E-state index contributed by atoms with van der Waals surface area (Å²) < 4.78 is 47.7. The standard InChI is InChI=1S/C22H17F3N4O4/c1-33-14-6-4-13(5-7-14)29-19(17-3-2-8-28(17)21(31)32)27-18-15(20(29)30)9-12(11-26)10-16(18)22(23,24)25/h4-7,9-10,17H,2-3,8H2,1H3,(H,31,32)/t17-/m1/s1. The second kappa shape index (κ2) is 8.12. The number of aromatic nitrogens is 2. The molecule has 1 atom stereocenters. The molecule has 1 aromatic heterocycles. The van der Waals surface area contributed by atoms with Gasteiger partial charge in [-0.3, -0.25) is 14.3 Å². The zero-order valence-corrected chi connectivity index (χ0v) is 17.3. The average Bonchev–Trinajstić information content (AvgIpc) is 3.28. The Bertz CT molecular complexity index is 1340.